The molecule has 0 aliphatic carbocycles. The van der Waals surface area contributed by atoms with E-state index in [2.05, 4.69) is 10.1 Å². The molecule has 0 aliphatic rings. The summed E-state index contributed by atoms with van der Waals surface area (Å²) in [5.74, 6) is 0.0824. The third-order valence-electron chi connectivity index (χ3n) is 2.10. The molecule has 1 aromatic rings. The highest BCUT2D eigenvalue weighted by Gasteiger charge is 2.30. The number of nitrogen functional groups attached to an aromatic ring is 1. The highest BCUT2D eigenvalue weighted by molar-refractivity contribution is 5.15. The molecule has 0 amide bonds. The van der Waals surface area contributed by atoms with Gasteiger partial charge in [0.1, 0.15) is 12.4 Å². The molecule has 1 rings (SSSR count). The standard InChI is InChI=1S/C8H13F3N4/c1-3-5(2)6-13-7(12)14-15(6)4-8(9,10)11/h5H,3-4H2,1-2H3,(H2,12,14). The molecule has 7 heteroatoms. The largest absolute Gasteiger partial charge is 0.408 e. The smallest absolute Gasteiger partial charge is 0.366 e. The molecule has 0 spiro atoms. The second kappa shape index (κ2) is 4.08. The summed E-state index contributed by atoms with van der Waals surface area (Å²) < 4.78 is 37.3. The van der Waals surface area contributed by atoms with E-state index in [0.29, 0.717) is 6.42 Å². The Morgan fingerprint density at radius 3 is 2.53 bits per heavy atom. The Balaban J connectivity index is 2.96. The van der Waals surface area contributed by atoms with Gasteiger partial charge in [-0.05, 0) is 6.42 Å². The number of halogens is 3. The van der Waals surface area contributed by atoms with Crippen molar-refractivity contribution in [1.82, 2.24) is 14.8 Å². The van der Waals surface area contributed by atoms with Gasteiger partial charge in [-0.15, -0.1) is 5.10 Å². The maximum absolute atomic E-state index is 12.2. The Kier molecular flexibility index (Phi) is 3.21. The van der Waals surface area contributed by atoms with Crippen LogP contribution in [0.25, 0.3) is 0 Å². The second-order valence-electron chi connectivity index (χ2n) is 3.41. The average Bonchev–Trinajstić information content (AvgIpc) is 2.42. The average molecular weight is 222 g/mol. The molecule has 0 saturated carbocycles. The number of aromatic nitrogens is 3. The molecule has 0 saturated heterocycles. The molecule has 1 unspecified atom stereocenters. The predicted molar refractivity (Wildman–Crippen MR) is 49.2 cm³/mol. The first-order valence-corrected chi connectivity index (χ1v) is 4.60. The third kappa shape index (κ3) is 3.10. The van der Waals surface area contributed by atoms with Gasteiger partial charge in [-0.25, -0.2) is 4.68 Å². The van der Waals surface area contributed by atoms with Crippen LogP contribution in [0.5, 0.6) is 0 Å². The lowest BCUT2D eigenvalue weighted by Crippen LogP contribution is -2.21. The number of rotatable bonds is 3. The number of hydrogen-bond donors (Lipinski definition) is 1. The van der Waals surface area contributed by atoms with E-state index in [1.54, 1.807) is 6.92 Å². The molecule has 2 N–H and O–H groups in total. The van der Waals surface area contributed by atoms with Crippen molar-refractivity contribution in [2.75, 3.05) is 5.73 Å². The zero-order valence-corrected chi connectivity index (χ0v) is 8.54. The fourth-order valence-corrected chi connectivity index (χ4v) is 1.21. The van der Waals surface area contributed by atoms with Crippen molar-refractivity contribution in [2.24, 2.45) is 0 Å². The van der Waals surface area contributed by atoms with Crippen molar-refractivity contribution >= 4 is 5.95 Å². The molecule has 4 nitrogen and oxygen atoms in total. The molecule has 0 radical (unpaired) electrons. The van der Waals surface area contributed by atoms with Gasteiger partial charge in [-0.3, -0.25) is 0 Å². The molecule has 0 aliphatic heterocycles. The lowest BCUT2D eigenvalue weighted by Gasteiger charge is -2.11. The Morgan fingerprint density at radius 2 is 2.07 bits per heavy atom. The number of nitrogens with zero attached hydrogens (tertiary/aromatic N) is 3. The van der Waals surface area contributed by atoms with Crippen LogP contribution in [-0.4, -0.2) is 20.9 Å². The fraction of sp³-hybridized carbons (Fsp3) is 0.750. The monoisotopic (exact) mass is 222 g/mol. The number of alkyl halides is 3. The van der Waals surface area contributed by atoms with Crippen LogP contribution >= 0.6 is 0 Å². The van der Waals surface area contributed by atoms with Crippen LogP contribution < -0.4 is 5.73 Å². The Hall–Kier alpha value is -1.27. The number of hydrogen-bond acceptors (Lipinski definition) is 3. The van der Waals surface area contributed by atoms with E-state index in [9.17, 15) is 13.2 Å². The van der Waals surface area contributed by atoms with Gasteiger partial charge < -0.3 is 5.73 Å². The molecule has 0 bridgehead atoms. The van der Waals surface area contributed by atoms with Crippen LogP contribution in [0, 0.1) is 0 Å². The van der Waals surface area contributed by atoms with Crippen molar-refractivity contribution in [3.8, 4) is 0 Å². The van der Waals surface area contributed by atoms with Crippen molar-refractivity contribution in [3.05, 3.63) is 5.82 Å². The summed E-state index contributed by atoms with van der Waals surface area (Å²) in [5, 5.41) is 3.53. The minimum Gasteiger partial charge on any atom is -0.366 e. The first kappa shape index (κ1) is 11.8. The normalized spacial score (nSPS) is 14.2. The molecular formula is C8H13F3N4. The first-order chi connectivity index (χ1) is 6.83. The molecule has 0 fully saturated rings. The van der Waals surface area contributed by atoms with E-state index >= 15 is 0 Å². The Bertz CT molecular complexity index is 331. The molecule has 86 valence electrons. The number of anilines is 1. The van der Waals surface area contributed by atoms with Crippen molar-refractivity contribution in [2.45, 2.75) is 38.9 Å². The Labute approximate surface area is 85.3 Å². The third-order valence-corrected chi connectivity index (χ3v) is 2.10. The second-order valence-corrected chi connectivity index (χ2v) is 3.41. The summed E-state index contributed by atoms with van der Waals surface area (Å²) >= 11 is 0. The van der Waals surface area contributed by atoms with Gasteiger partial charge in [-0.2, -0.15) is 18.2 Å². The van der Waals surface area contributed by atoms with Gasteiger partial charge in [0.05, 0.1) is 0 Å². The summed E-state index contributed by atoms with van der Waals surface area (Å²) in [6.07, 6.45) is -3.61. The van der Waals surface area contributed by atoms with Crippen LogP contribution in [0.4, 0.5) is 19.1 Å². The minimum atomic E-state index is -4.30. The summed E-state index contributed by atoms with van der Waals surface area (Å²) in [4.78, 5) is 3.80. The van der Waals surface area contributed by atoms with E-state index in [4.69, 9.17) is 5.73 Å². The van der Waals surface area contributed by atoms with E-state index in [1.807, 2.05) is 6.92 Å². The van der Waals surface area contributed by atoms with E-state index in [0.717, 1.165) is 4.68 Å². The van der Waals surface area contributed by atoms with Gasteiger partial charge in [0, 0.05) is 5.92 Å². The van der Waals surface area contributed by atoms with Crippen molar-refractivity contribution < 1.29 is 13.2 Å². The highest BCUT2D eigenvalue weighted by atomic mass is 19.4. The topological polar surface area (TPSA) is 56.7 Å². The van der Waals surface area contributed by atoms with Gasteiger partial charge in [0.15, 0.2) is 0 Å². The van der Waals surface area contributed by atoms with Gasteiger partial charge >= 0.3 is 6.18 Å². The lowest BCUT2D eigenvalue weighted by atomic mass is 10.1. The Morgan fingerprint density at radius 1 is 1.47 bits per heavy atom. The van der Waals surface area contributed by atoms with Crippen LogP contribution in [-0.2, 0) is 6.54 Å². The van der Waals surface area contributed by atoms with Crippen LogP contribution in [0.1, 0.15) is 32.0 Å². The quantitative estimate of drug-likeness (QED) is 0.850. The minimum absolute atomic E-state index is 0.0860. The zero-order valence-electron chi connectivity index (χ0n) is 8.54. The lowest BCUT2D eigenvalue weighted by molar-refractivity contribution is -0.143. The number of nitrogens with two attached hydrogens (primary N) is 1. The maximum atomic E-state index is 12.2. The molecular weight excluding hydrogens is 209 g/mol. The van der Waals surface area contributed by atoms with Gasteiger partial charge in [0.25, 0.3) is 0 Å². The summed E-state index contributed by atoms with van der Waals surface area (Å²) in [6.45, 7) is 2.51. The van der Waals surface area contributed by atoms with Crippen LogP contribution in [0.15, 0.2) is 0 Å². The maximum Gasteiger partial charge on any atom is 0.408 e. The van der Waals surface area contributed by atoms with Gasteiger partial charge in [-0.1, -0.05) is 13.8 Å². The summed E-state index contributed by atoms with van der Waals surface area (Å²) in [6, 6.07) is 0. The predicted octanol–water partition coefficient (Wildman–Crippen LogP) is 1.94. The zero-order chi connectivity index (χ0) is 11.6. The fourth-order valence-electron chi connectivity index (χ4n) is 1.21. The molecule has 0 aromatic carbocycles. The highest BCUT2D eigenvalue weighted by Crippen LogP contribution is 2.22. The molecule has 1 aromatic heterocycles. The summed E-state index contributed by atoms with van der Waals surface area (Å²) in [5.41, 5.74) is 5.28. The van der Waals surface area contributed by atoms with Crippen molar-refractivity contribution in [3.63, 3.8) is 0 Å². The molecule has 15 heavy (non-hydrogen) atoms. The molecule has 1 heterocycles. The van der Waals surface area contributed by atoms with E-state index in [1.165, 1.54) is 0 Å². The van der Waals surface area contributed by atoms with Crippen LogP contribution in [0.2, 0.25) is 0 Å². The van der Waals surface area contributed by atoms with Crippen LogP contribution in [0.3, 0.4) is 0 Å². The summed E-state index contributed by atoms with van der Waals surface area (Å²) in [7, 11) is 0. The van der Waals surface area contributed by atoms with Crippen molar-refractivity contribution in [1.29, 1.82) is 0 Å². The first-order valence-electron chi connectivity index (χ1n) is 4.60. The molecule has 1 atom stereocenters. The SMILES string of the molecule is CCC(C)c1nc(N)nn1CC(F)(F)F. The van der Waals surface area contributed by atoms with E-state index in [-0.39, 0.29) is 17.7 Å². The van der Waals surface area contributed by atoms with E-state index < -0.39 is 12.7 Å². The van der Waals surface area contributed by atoms with Gasteiger partial charge in [0.2, 0.25) is 5.95 Å².